The van der Waals surface area contributed by atoms with Gasteiger partial charge in [-0.15, -0.1) is 11.3 Å². The van der Waals surface area contributed by atoms with E-state index in [2.05, 4.69) is 0 Å². The van der Waals surface area contributed by atoms with E-state index in [9.17, 15) is 9.59 Å². The Hall–Kier alpha value is -1.56. The fourth-order valence-corrected chi connectivity index (χ4v) is 3.47. The first-order valence-corrected chi connectivity index (χ1v) is 7.48. The van der Waals surface area contributed by atoms with E-state index in [1.165, 1.54) is 11.3 Å². The van der Waals surface area contributed by atoms with E-state index in [-0.39, 0.29) is 18.2 Å². The summed E-state index contributed by atoms with van der Waals surface area (Å²) in [5.41, 5.74) is 0. The van der Waals surface area contributed by atoms with Gasteiger partial charge in [-0.05, 0) is 31.7 Å². The van der Waals surface area contributed by atoms with Gasteiger partial charge < -0.3 is 14.7 Å². The first kappa shape index (κ1) is 14.8. The summed E-state index contributed by atoms with van der Waals surface area (Å²) in [7, 11) is 1.57. The van der Waals surface area contributed by atoms with Gasteiger partial charge in [0.2, 0.25) is 0 Å². The van der Waals surface area contributed by atoms with Gasteiger partial charge >= 0.3 is 5.97 Å². The molecule has 1 aromatic heterocycles. The van der Waals surface area contributed by atoms with Gasteiger partial charge in [-0.3, -0.25) is 9.59 Å². The fraction of sp³-hybridized carbons (Fsp3) is 0.571. The maximum Gasteiger partial charge on any atom is 0.303 e. The number of aryl methyl sites for hydroxylation is 1. The van der Waals surface area contributed by atoms with Crippen molar-refractivity contribution in [2.24, 2.45) is 5.92 Å². The van der Waals surface area contributed by atoms with Gasteiger partial charge in [0.15, 0.2) is 0 Å². The maximum atomic E-state index is 12.5. The van der Waals surface area contributed by atoms with Crippen molar-refractivity contribution in [3.05, 3.63) is 15.8 Å². The van der Waals surface area contributed by atoms with E-state index in [1.54, 1.807) is 12.0 Å². The molecule has 6 heteroatoms. The van der Waals surface area contributed by atoms with Gasteiger partial charge in [-0.2, -0.15) is 0 Å². The molecule has 1 N–H and O–H groups in total. The van der Waals surface area contributed by atoms with Crippen molar-refractivity contribution < 1.29 is 19.4 Å². The molecule has 0 saturated carbocycles. The van der Waals surface area contributed by atoms with Crippen LogP contribution in [0.25, 0.3) is 0 Å². The van der Waals surface area contributed by atoms with Crippen LogP contribution < -0.4 is 4.74 Å². The molecule has 1 fully saturated rings. The largest absolute Gasteiger partial charge is 0.495 e. The summed E-state index contributed by atoms with van der Waals surface area (Å²) in [4.78, 5) is 26.6. The maximum absolute atomic E-state index is 12.5. The van der Waals surface area contributed by atoms with Crippen LogP contribution in [0.3, 0.4) is 0 Å². The molecule has 0 bridgehead atoms. The number of hydrogen-bond acceptors (Lipinski definition) is 4. The van der Waals surface area contributed by atoms with Crippen molar-refractivity contribution >= 4 is 23.2 Å². The number of methoxy groups -OCH3 is 1. The third-order valence-electron chi connectivity index (χ3n) is 3.60. The van der Waals surface area contributed by atoms with Gasteiger partial charge in [0.1, 0.15) is 10.6 Å². The number of rotatable bonds is 4. The number of nitrogens with zero attached hydrogens (tertiary/aromatic N) is 1. The minimum Gasteiger partial charge on any atom is -0.495 e. The zero-order valence-corrected chi connectivity index (χ0v) is 12.5. The van der Waals surface area contributed by atoms with E-state index in [4.69, 9.17) is 9.84 Å². The van der Waals surface area contributed by atoms with Crippen LogP contribution in [-0.4, -0.2) is 42.1 Å². The van der Waals surface area contributed by atoms with Gasteiger partial charge in [-0.1, -0.05) is 0 Å². The van der Waals surface area contributed by atoms with Crippen molar-refractivity contribution in [3.8, 4) is 5.75 Å². The van der Waals surface area contributed by atoms with Crippen LogP contribution in [0.2, 0.25) is 0 Å². The number of carbonyl (C=O) groups is 2. The molecule has 5 nitrogen and oxygen atoms in total. The Bertz CT molecular complexity index is 503. The average Bonchev–Trinajstić information content (AvgIpc) is 2.79. The minimum atomic E-state index is -0.759. The van der Waals surface area contributed by atoms with E-state index >= 15 is 0 Å². The highest BCUT2D eigenvalue weighted by atomic mass is 32.1. The molecular formula is C14H19NO4S. The van der Waals surface area contributed by atoms with Crippen LogP contribution in [0.1, 0.15) is 33.8 Å². The highest BCUT2D eigenvalue weighted by Gasteiger charge is 2.27. The lowest BCUT2D eigenvalue weighted by atomic mass is 9.93. The predicted molar refractivity (Wildman–Crippen MR) is 76.5 cm³/mol. The number of aliphatic carboxylic acids is 1. The lowest BCUT2D eigenvalue weighted by Crippen LogP contribution is -2.38. The van der Waals surface area contributed by atoms with E-state index in [0.29, 0.717) is 23.7 Å². The summed E-state index contributed by atoms with van der Waals surface area (Å²) in [5, 5.41) is 8.79. The Kier molecular flexibility index (Phi) is 4.65. The van der Waals surface area contributed by atoms with Crippen LogP contribution >= 0.6 is 11.3 Å². The summed E-state index contributed by atoms with van der Waals surface area (Å²) >= 11 is 1.44. The van der Waals surface area contributed by atoms with Crippen molar-refractivity contribution in [1.82, 2.24) is 4.90 Å². The van der Waals surface area contributed by atoms with Gasteiger partial charge in [0.05, 0.1) is 7.11 Å². The molecule has 0 radical (unpaired) electrons. The molecule has 2 rings (SSSR count). The fourth-order valence-electron chi connectivity index (χ4n) is 2.52. The number of amides is 1. The Morgan fingerprint density at radius 2 is 2.10 bits per heavy atom. The molecule has 110 valence electrons. The molecule has 1 saturated heterocycles. The van der Waals surface area contributed by atoms with Crippen molar-refractivity contribution in [1.29, 1.82) is 0 Å². The summed E-state index contributed by atoms with van der Waals surface area (Å²) in [5.74, 6) is 0.0488. The average molecular weight is 297 g/mol. The van der Waals surface area contributed by atoms with Crippen LogP contribution in [0, 0.1) is 12.8 Å². The van der Waals surface area contributed by atoms with Gasteiger partial charge in [0, 0.05) is 24.4 Å². The molecule has 1 amide bonds. The zero-order valence-electron chi connectivity index (χ0n) is 11.7. The highest BCUT2D eigenvalue weighted by Crippen LogP contribution is 2.31. The second-order valence-corrected chi connectivity index (χ2v) is 6.34. The monoisotopic (exact) mass is 297 g/mol. The molecule has 0 aliphatic carbocycles. The number of thiophene rings is 1. The van der Waals surface area contributed by atoms with Gasteiger partial charge in [-0.25, -0.2) is 0 Å². The van der Waals surface area contributed by atoms with Crippen LogP contribution in [-0.2, 0) is 4.79 Å². The number of likely N-dealkylation sites (tertiary alicyclic amines) is 1. The number of ether oxygens (including phenoxy) is 1. The third-order valence-corrected chi connectivity index (χ3v) is 4.62. The summed E-state index contributed by atoms with van der Waals surface area (Å²) in [6.45, 7) is 3.19. The molecule has 0 atom stereocenters. The van der Waals surface area contributed by atoms with E-state index < -0.39 is 5.97 Å². The number of hydrogen-bond donors (Lipinski definition) is 1. The predicted octanol–water partition coefficient (Wildman–Crippen LogP) is 2.39. The third kappa shape index (κ3) is 3.30. The number of piperidine rings is 1. The Balaban J connectivity index is 1.99. The molecule has 20 heavy (non-hydrogen) atoms. The zero-order chi connectivity index (χ0) is 14.7. The van der Waals surface area contributed by atoms with E-state index in [0.717, 1.165) is 17.7 Å². The molecule has 0 unspecified atom stereocenters. The number of carboxylic acids is 1. The Labute approximate surface area is 122 Å². The van der Waals surface area contributed by atoms with Crippen LogP contribution in [0.15, 0.2) is 6.07 Å². The normalized spacial score (nSPS) is 16.2. The molecule has 0 spiro atoms. The number of carboxylic acid groups (broad SMARTS) is 1. The Morgan fingerprint density at radius 1 is 1.45 bits per heavy atom. The molecule has 1 aliphatic heterocycles. The standard InChI is InChI=1S/C14H19NO4S/c1-9-7-11(19-2)13(20-9)14(18)15-5-3-10(4-6-15)8-12(16)17/h7,10H,3-6,8H2,1-2H3,(H,16,17). The second-order valence-electron chi connectivity index (χ2n) is 5.09. The van der Waals surface area contributed by atoms with E-state index in [1.807, 2.05) is 13.0 Å². The lowest BCUT2D eigenvalue weighted by Gasteiger charge is -2.31. The highest BCUT2D eigenvalue weighted by molar-refractivity contribution is 7.14. The van der Waals surface area contributed by atoms with Crippen LogP contribution in [0.5, 0.6) is 5.75 Å². The first-order valence-electron chi connectivity index (χ1n) is 6.66. The molecule has 1 aromatic rings. The van der Waals surface area contributed by atoms with Crippen molar-refractivity contribution in [3.63, 3.8) is 0 Å². The summed E-state index contributed by atoms with van der Waals surface area (Å²) in [6.07, 6.45) is 1.71. The lowest BCUT2D eigenvalue weighted by molar-refractivity contribution is -0.138. The minimum absolute atomic E-state index is 0.00581. The van der Waals surface area contributed by atoms with Crippen LogP contribution in [0.4, 0.5) is 0 Å². The summed E-state index contributed by atoms with van der Waals surface area (Å²) < 4.78 is 5.24. The molecule has 1 aliphatic rings. The molecule has 2 heterocycles. The summed E-state index contributed by atoms with van der Waals surface area (Å²) in [6, 6.07) is 1.87. The second kappa shape index (κ2) is 6.26. The number of carbonyl (C=O) groups excluding carboxylic acids is 1. The quantitative estimate of drug-likeness (QED) is 0.926. The molecule has 0 aromatic carbocycles. The van der Waals surface area contributed by atoms with Gasteiger partial charge in [0.25, 0.3) is 5.91 Å². The van der Waals surface area contributed by atoms with Crippen molar-refractivity contribution in [2.75, 3.05) is 20.2 Å². The smallest absolute Gasteiger partial charge is 0.303 e. The topological polar surface area (TPSA) is 66.8 Å². The first-order chi connectivity index (χ1) is 9.51. The van der Waals surface area contributed by atoms with Crippen molar-refractivity contribution in [2.45, 2.75) is 26.2 Å². The Morgan fingerprint density at radius 3 is 2.65 bits per heavy atom. The molecular weight excluding hydrogens is 278 g/mol. The SMILES string of the molecule is COc1cc(C)sc1C(=O)N1CCC(CC(=O)O)CC1.